The lowest BCUT2D eigenvalue weighted by Gasteiger charge is -2.18. The van der Waals surface area contributed by atoms with Crippen LogP contribution in [-0.2, 0) is 11.3 Å². The van der Waals surface area contributed by atoms with E-state index in [0.29, 0.717) is 6.54 Å². The predicted octanol–water partition coefficient (Wildman–Crippen LogP) is 2.51. The summed E-state index contributed by atoms with van der Waals surface area (Å²) in [5.74, 6) is 0.619. The molecular formula is C20H21N7O. The van der Waals surface area contributed by atoms with Gasteiger partial charge in [-0.3, -0.25) is 4.79 Å². The fraction of sp³-hybridized carbons (Fsp3) is 0.250. The minimum Gasteiger partial charge on any atom is -0.347 e. The SMILES string of the molecule is CC(C)n1c(CNC(=O)[C@@H](c2ccccc2)n2cnnn2)nc2ccccc21. The van der Waals surface area contributed by atoms with Gasteiger partial charge in [0.15, 0.2) is 6.04 Å². The zero-order valence-corrected chi connectivity index (χ0v) is 15.7. The molecule has 0 radical (unpaired) electrons. The van der Waals surface area contributed by atoms with Gasteiger partial charge in [0.2, 0.25) is 5.91 Å². The Balaban J connectivity index is 1.61. The van der Waals surface area contributed by atoms with Crippen molar-refractivity contribution in [2.45, 2.75) is 32.5 Å². The summed E-state index contributed by atoms with van der Waals surface area (Å²) in [6, 6.07) is 17.0. The summed E-state index contributed by atoms with van der Waals surface area (Å²) < 4.78 is 3.60. The van der Waals surface area contributed by atoms with E-state index in [0.717, 1.165) is 22.4 Å². The summed E-state index contributed by atoms with van der Waals surface area (Å²) in [6.07, 6.45) is 1.45. The first-order chi connectivity index (χ1) is 13.6. The second-order valence-corrected chi connectivity index (χ2v) is 6.80. The maximum absolute atomic E-state index is 13.0. The third kappa shape index (κ3) is 3.36. The van der Waals surface area contributed by atoms with Crippen molar-refractivity contribution in [2.75, 3.05) is 0 Å². The van der Waals surface area contributed by atoms with Gasteiger partial charge in [0, 0.05) is 6.04 Å². The van der Waals surface area contributed by atoms with Crippen molar-refractivity contribution < 1.29 is 4.79 Å². The van der Waals surface area contributed by atoms with Crippen LogP contribution in [0.25, 0.3) is 11.0 Å². The van der Waals surface area contributed by atoms with Crippen LogP contribution in [0.4, 0.5) is 0 Å². The molecule has 28 heavy (non-hydrogen) atoms. The Morgan fingerprint density at radius 1 is 1.07 bits per heavy atom. The normalized spacial score (nSPS) is 12.4. The van der Waals surface area contributed by atoms with Crippen LogP contribution in [-0.4, -0.2) is 35.7 Å². The lowest BCUT2D eigenvalue weighted by atomic mass is 10.1. The average Bonchev–Trinajstić information content (AvgIpc) is 3.35. The zero-order chi connectivity index (χ0) is 19.5. The maximum atomic E-state index is 13.0. The third-order valence-electron chi connectivity index (χ3n) is 4.60. The van der Waals surface area contributed by atoms with Crippen LogP contribution in [0.15, 0.2) is 60.9 Å². The smallest absolute Gasteiger partial charge is 0.249 e. The van der Waals surface area contributed by atoms with E-state index in [1.165, 1.54) is 11.0 Å². The van der Waals surface area contributed by atoms with Crippen molar-refractivity contribution in [3.63, 3.8) is 0 Å². The molecule has 0 spiro atoms. The molecule has 0 bridgehead atoms. The van der Waals surface area contributed by atoms with Gasteiger partial charge in [-0.2, -0.15) is 0 Å². The Hall–Kier alpha value is -3.55. The minimum absolute atomic E-state index is 0.194. The molecule has 0 unspecified atom stereocenters. The van der Waals surface area contributed by atoms with E-state index in [9.17, 15) is 4.79 Å². The van der Waals surface area contributed by atoms with E-state index in [1.54, 1.807) is 0 Å². The molecule has 4 aromatic rings. The minimum atomic E-state index is -0.645. The summed E-state index contributed by atoms with van der Waals surface area (Å²) in [4.78, 5) is 17.7. The number of carbonyl (C=O) groups excluding carboxylic acids is 1. The maximum Gasteiger partial charge on any atom is 0.249 e. The van der Waals surface area contributed by atoms with Crippen molar-refractivity contribution in [3.05, 3.63) is 72.3 Å². The van der Waals surface area contributed by atoms with Crippen molar-refractivity contribution in [2.24, 2.45) is 0 Å². The van der Waals surface area contributed by atoms with Gasteiger partial charge in [-0.05, 0) is 42.0 Å². The molecule has 1 amide bonds. The molecule has 1 atom stereocenters. The Kier molecular flexibility index (Phi) is 4.84. The number of fused-ring (bicyclic) bond motifs is 1. The second-order valence-electron chi connectivity index (χ2n) is 6.80. The summed E-state index contributed by atoms with van der Waals surface area (Å²) in [7, 11) is 0. The Labute approximate surface area is 162 Å². The number of benzene rings is 2. The molecule has 0 aliphatic heterocycles. The molecule has 8 heteroatoms. The highest BCUT2D eigenvalue weighted by Crippen LogP contribution is 2.21. The number of nitrogens with one attached hydrogen (secondary N) is 1. The van der Waals surface area contributed by atoms with Gasteiger partial charge in [-0.1, -0.05) is 42.5 Å². The number of amides is 1. The Morgan fingerprint density at radius 3 is 2.54 bits per heavy atom. The van der Waals surface area contributed by atoms with E-state index in [-0.39, 0.29) is 11.9 Å². The average molecular weight is 375 g/mol. The van der Waals surface area contributed by atoms with Crippen LogP contribution in [0, 0.1) is 0 Å². The van der Waals surface area contributed by atoms with Crippen LogP contribution >= 0.6 is 0 Å². The first kappa shape index (κ1) is 17.8. The highest BCUT2D eigenvalue weighted by molar-refractivity contribution is 5.83. The summed E-state index contributed by atoms with van der Waals surface area (Å²) in [5.41, 5.74) is 2.78. The van der Waals surface area contributed by atoms with Gasteiger partial charge in [0.25, 0.3) is 0 Å². The molecule has 142 valence electrons. The summed E-state index contributed by atoms with van der Waals surface area (Å²) in [5, 5.41) is 14.3. The Bertz CT molecular complexity index is 1070. The van der Waals surface area contributed by atoms with Crippen molar-refractivity contribution >= 4 is 16.9 Å². The van der Waals surface area contributed by atoms with Gasteiger partial charge in [-0.15, -0.1) is 5.10 Å². The monoisotopic (exact) mass is 375 g/mol. The number of tetrazole rings is 1. The quantitative estimate of drug-likeness (QED) is 0.559. The van der Waals surface area contributed by atoms with E-state index in [2.05, 4.69) is 39.3 Å². The number of rotatable bonds is 6. The van der Waals surface area contributed by atoms with Crippen LogP contribution in [0.5, 0.6) is 0 Å². The molecule has 2 aromatic carbocycles. The predicted molar refractivity (Wildman–Crippen MR) is 104 cm³/mol. The number of imidazole rings is 1. The molecule has 0 fully saturated rings. The first-order valence-electron chi connectivity index (χ1n) is 9.16. The topological polar surface area (TPSA) is 90.5 Å². The van der Waals surface area contributed by atoms with E-state index < -0.39 is 6.04 Å². The van der Waals surface area contributed by atoms with Gasteiger partial charge in [0.1, 0.15) is 12.2 Å². The van der Waals surface area contributed by atoms with Gasteiger partial charge in [-0.25, -0.2) is 9.67 Å². The van der Waals surface area contributed by atoms with Crippen LogP contribution in [0.1, 0.15) is 37.3 Å². The van der Waals surface area contributed by atoms with Crippen molar-refractivity contribution in [1.29, 1.82) is 0 Å². The molecule has 0 aliphatic rings. The molecule has 0 saturated carbocycles. The van der Waals surface area contributed by atoms with Crippen LogP contribution in [0.3, 0.4) is 0 Å². The fourth-order valence-corrected chi connectivity index (χ4v) is 3.40. The zero-order valence-electron chi connectivity index (χ0n) is 15.7. The number of aromatic nitrogens is 6. The number of hydrogen-bond donors (Lipinski definition) is 1. The first-order valence-corrected chi connectivity index (χ1v) is 9.16. The highest BCUT2D eigenvalue weighted by atomic mass is 16.2. The number of hydrogen-bond acceptors (Lipinski definition) is 5. The van der Waals surface area contributed by atoms with E-state index >= 15 is 0 Å². The molecule has 2 aromatic heterocycles. The lowest BCUT2D eigenvalue weighted by Crippen LogP contribution is -2.34. The Morgan fingerprint density at radius 2 is 1.82 bits per heavy atom. The highest BCUT2D eigenvalue weighted by Gasteiger charge is 2.24. The number of para-hydroxylation sites is 2. The molecule has 0 saturated heterocycles. The van der Waals surface area contributed by atoms with Gasteiger partial charge >= 0.3 is 0 Å². The molecule has 8 nitrogen and oxygen atoms in total. The lowest BCUT2D eigenvalue weighted by molar-refractivity contribution is -0.123. The van der Waals surface area contributed by atoms with Crippen LogP contribution < -0.4 is 5.32 Å². The molecule has 2 heterocycles. The van der Waals surface area contributed by atoms with Crippen molar-refractivity contribution in [3.8, 4) is 0 Å². The summed E-state index contributed by atoms with van der Waals surface area (Å²) in [6.45, 7) is 4.53. The fourth-order valence-electron chi connectivity index (χ4n) is 3.40. The largest absolute Gasteiger partial charge is 0.347 e. The molecule has 4 rings (SSSR count). The summed E-state index contributed by atoms with van der Waals surface area (Å²) >= 11 is 0. The van der Waals surface area contributed by atoms with Gasteiger partial charge in [0.05, 0.1) is 17.6 Å². The standard InChI is InChI=1S/C20H21N7O/c1-14(2)27-17-11-7-6-10-16(17)23-18(27)12-21-20(28)19(26-13-22-24-25-26)15-8-4-3-5-9-15/h3-11,13-14,19H,12H2,1-2H3,(H,21,28)/t19-/m1/s1. The molecule has 1 N–H and O–H groups in total. The molecular weight excluding hydrogens is 354 g/mol. The van der Waals surface area contributed by atoms with E-state index in [4.69, 9.17) is 4.98 Å². The van der Waals surface area contributed by atoms with Crippen molar-refractivity contribution in [1.82, 2.24) is 35.1 Å². The molecule has 0 aliphatic carbocycles. The number of carbonyl (C=O) groups is 1. The second kappa shape index (κ2) is 7.59. The number of nitrogens with zero attached hydrogens (tertiary/aromatic N) is 6. The third-order valence-corrected chi connectivity index (χ3v) is 4.60. The van der Waals surface area contributed by atoms with Gasteiger partial charge < -0.3 is 9.88 Å². The van der Waals surface area contributed by atoms with Crippen LogP contribution in [0.2, 0.25) is 0 Å². The van der Waals surface area contributed by atoms with E-state index in [1.807, 2.05) is 54.6 Å².